The van der Waals surface area contributed by atoms with Gasteiger partial charge in [0.1, 0.15) is 0 Å². The summed E-state index contributed by atoms with van der Waals surface area (Å²) in [5.74, 6) is 0. The molecule has 0 saturated carbocycles. The predicted molar refractivity (Wildman–Crippen MR) is 97.0 cm³/mol. The van der Waals surface area contributed by atoms with Gasteiger partial charge < -0.3 is 0 Å². The van der Waals surface area contributed by atoms with Crippen molar-refractivity contribution >= 4 is 15.9 Å². The monoisotopic (exact) mass is 344 g/mol. The Bertz CT molecular complexity index is 625. The van der Waals surface area contributed by atoms with E-state index in [2.05, 4.69) is 99.9 Å². The van der Waals surface area contributed by atoms with E-state index >= 15 is 0 Å². The van der Waals surface area contributed by atoms with Crippen molar-refractivity contribution in [2.24, 2.45) is 0 Å². The zero-order valence-electron chi connectivity index (χ0n) is 13.9. The second-order valence-corrected chi connectivity index (χ2v) is 8.51. The fraction of sp³-hybridized carbons (Fsp3) is 0.400. The van der Waals surface area contributed by atoms with Gasteiger partial charge in [-0.3, -0.25) is 0 Å². The highest BCUT2D eigenvalue weighted by atomic mass is 79.9. The van der Waals surface area contributed by atoms with Crippen LogP contribution in [-0.2, 0) is 10.8 Å². The van der Waals surface area contributed by atoms with E-state index in [0.717, 1.165) is 0 Å². The second-order valence-electron chi connectivity index (χ2n) is 7.72. The highest BCUT2D eigenvalue weighted by Crippen LogP contribution is 2.43. The van der Waals surface area contributed by atoms with Crippen molar-refractivity contribution in [1.29, 1.82) is 0 Å². The molecular weight excluding hydrogens is 320 g/mol. The molecule has 1 heteroatoms. The first-order chi connectivity index (χ1) is 9.62. The summed E-state index contributed by atoms with van der Waals surface area (Å²) in [5, 5.41) is 0. The first-order valence-electron chi connectivity index (χ1n) is 7.51. The fourth-order valence-corrected chi connectivity index (χ4v) is 3.94. The summed E-state index contributed by atoms with van der Waals surface area (Å²) in [5.41, 5.74) is 5.61. The first-order valence-corrected chi connectivity index (χ1v) is 8.30. The summed E-state index contributed by atoms with van der Waals surface area (Å²) < 4.78 is 1.23. The molecule has 0 atom stereocenters. The zero-order chi connectivity index (χ0) is 15.8. The van der Waals surface area contributed by atoms with Gasteiger partial charge in [0.15, 0.2) is 0 Å². The Kier molecular flexibility index (Phi) is 4.35. The van der Waals surface area contributed by atoms with Gasteiger partial charge >= 0.3 is 0 Å². The minimum absolute atomic E-state index is 0.103. The van der Waals surface area contributed by atoms with Crippen LogP contribution in [0, 0.1) is 0 Å². The molecule has 2 rings (SSSR count). The minimum Gasteiger partial charge on any atom is -0.0622 e. The first kappa shape index (κ1) is 16.3. The van der Waals surface area contributed by atoms with Gasteiger partial charge in [-0.25, -0.2) is 0 Å². The summed E-state index contributed by atoms with van der Waals surface area (Å²) in [6.45, 7) is 13.7. The van der Waals surface area contributed by atoms with Crippen LogP contribution in [0.2, 0.25) is 0 Å². The van der Waals surface area contributed by atoms with Crippen LogP contribution in [0.25, 0.3) is 11.1 Å². The van der Waals surface area contributed by atoms with Gasteiger partial charge in [-0.1, -0.05) is 84.0 Å². The number of hydrogen-bond acceptors (Lipinski definition) is 0. The normalized spacial score (nSPS) is 12.5. The van der Waals surface area contributed by atoms with E-state index in [0.29, 0.717) is 0 Å². The minimum atomic E-state index is 0.103. The van der Waals surface area contributed by atoms with E-state index < -0.39 is 0 Å². The van der Waals surface area contributed by atoms with E-state index in [-0.39, 0.29) is 10.8 Å². The molecule has 0 spiro atoms. The maximum Gasteiger partial charge on any atom is 0.0294 e. The average Bonchev–Trinajstić information content (AvgIpc) is 2.36. The van der Waals surface area contributed by atoms with Crippen LogP contribution in [-0.4, -0.2) is 0 Å². The van der Waals surface area contributed by atoms with Crippen molar-refractivity contribution in [2.45, 2.75) is 52.4 Å². The highest BCUT2D eigenvalue weighted by Gasteiger charge is 2.28. The molecule has 0 fully saturated rings. The number of hydrogen-bond donors (Lipinski definition) is 0. The van der Waals surface area contributed by atoms with Gasteiger partial charge in [0.25, 0.3) is 0 Å². The van der Waals surface area contributed by atoms with E-state index in [4.69, 9.17) is 0 Å². The maximum absolute atomic E-state index is 3.90. The number of rotatable bonds is 1. The predicted octanol–water partition coefficient (Wildman–Crippen LogP) is 6.71. The van der Waals surface area contributed by atoms with Crippen LogP contribution < -0.4 is 0 Å². The Morgan fingerprint density at radius 3 is 1.76 bits per heavy atom. The summed E-state index contributed by atoms with van der Waals surface area (Å²) in [6.07, 6.45) is 0. The van der Waals surface area contributed by atoms with Gasteiger partial charge in [0.05, 0.1) is 0 Å². The van der Waals surface area contributed by atoms with Gasteiger partial charge in [0, 0.05) is 4.47 Å². The van der Waals surface area contributed by atoms with Gasteiger partial charge in [-0.15, -0.1) is 0 Å². The van der Waals surface area contributed by atoms with Gasteiger partial charge in [-0.2, -0.15) is 0 Å². The van der Waals surface area contributed by atoms with E-state index in [1.54, 1.807) is 0 Å². The van der Waals surface area contributed by atoms with Crippen LogP contribution in [0.5, 0.6) is 0 Å². The standard InChI is InChI=1S/C20H25Br/c1-19(2,3)16-13-12-15(14-10-8-7-9-11-14)18(21)17(16)20(4,5)6/h7-13H,1-6H3. The Hall–Kier alpha value is -1.08. The lowest BCUT2D eigenvalue weighted by Crippen LogP contribution is -2.22. The van der Waals surface area contributed by atoms with Crippen molar-refractivity contribution < 1.29 is 0 Å². The van der Waals surface area contributed by atoms with Crippen molar-refractivity contribution in [2.75, 3.05) is 0 Å². The highest BCUT2D eigenvalue weighted by molar-refractivity contribution is 9.10. The molecule has 0 aliphatic rings. The Morgan fingerprint density at radius 2 is 1.29 bits per heavy atom. The molecular formula is C20H25Br. The largest absolute Gasteiger partial charge is 0.0622 e. The SMILES string of the molecule is CC(C)(C)c1ccc(-c2ccccc2)c(Br)c1C(C)(C)C. The summed E-state index contributed by atoms with van der Waals surface area (Å²) in [6, 6.07) is 15.1. The summed E-state index contributed by atoms with van der Waals surface area (Å²) >= 11 is 3.90. The third-order valence-electron chi connectivity index (χ3n) is 3.78. The van der Waals surface area contributed by atoms with Crippen LogP contribution in [0.4, 0.5) is 0 Å². The van der Waals surface area contributed by atoms with Crippen molar-refractivity contribution in [3.63, 3.8) is 0 Å². The van der Waals surface area contributed by atoms with Gasteiger partial charge in [-0.05, 0) is 49.0 Å². The molecule has 0 bridgehead atoms. The second kappa shape index (κ2) is 5.61. The third-order valence-corrected chi connectivity index (χ3v) is 4.61. The molecule has 0 amide bonds. The molecule has 0 aliphatic heterocycles. The Balaban J connectivity index is 2.75. The lowest BCUT2D eigenvalue weighted by Gasteiger charge is -2.32. The van der Waals surface area contributed by atoms with Crippen LogP contribution in [0.15, 0.2) is 46.9 Å². The maximum atomic E-state index is 3.90. The zero-order valence-corrected chi connectivity index (χ0v) is 15.5. The summed E-state index contributed by atoms with van der Waals surface area (Å²) in [4.78, 5) is 0. The number of benzene rings is 2. The molecule has 2 aromatic rings. The smallest absolute Gasteiger partial charge is 0.0294 e. The molecule has 0 N–H and O–H groups in total. The van der Waals surface area contributed by atoms with Crippen molar-refractivity contribution in [1.82, 2.24) is 0 Å². The Labute approximate surface area is 137 Å². The van der Waals surface area contributed by atoms with E-state index in [9.17, 15) is 0 Å². The number of halogens is 1. The lowest BCUT2D eigenvalue weighted by atomic mass is 9.74. The molecule has 2 aromatic carbocycles. The third kappa shape index (κ3) is 3.40. The van der Waals surface area contributed by atoms with Crippen molar-refractivity contribution in [3.8, 4) is 11.1 Å². The molecule has 0 radical (unpaired) electrons. The summed E-state index contributed by atoms with van der Waals surface area (Å²) in [7, 11) is 0. The molecule has 0 unspecified atom stereocenters. The fourth-order valence-electron chi connectivity index (χ4n) is 2.77. The van der Waals surface area contributed by atoms with Crippen LogP contribution in [0.1, 0.15) is 52.7 Å². The van der Waals surface area contributed by atoms with Crippen LogP contribution >= 0.6 is 15.9 Å². The van der Waals surface area contributed by atoms with Crippen molar-refractivity contribution in [3.05, 3.63) is 58.1 Å². The van der Waals surface area contributed by atoms with Gasteiger partial charge in [0.2, 0.25) is 0 Å². The quantitative estimate of drug-likeness (QED) is 0.539. The van der Waals surface area contributed by atoms with E-state index in [1.165, 1.54) is 26.7 Å². The molecule has 0 aromatic heterocycles. The molecule has 21 heavy (non-hydrogen) atoms. The van der Waals surface area contributed by atoms with Crippen LogP contribution in [0.3, 0.4) is 0 Å². The molecule has 0 heterocycles. The average molecular weight is 345 g/mol. The topological polar surface area (TPSA) is 0 Å². The molecule has 112 valence electrons. The lowest BCUT2D eigenvalue weighted by molar-refractivity contribution is 0.528. The van der Waals surface area contributed by atoms with E-state index in [1.807, 2.05) is 0 Å². The molecule has 0 saturated heterocycles. The molecule has 0 nitrogen and oxygen atoms in total. The Morgan fingerprint density at radius 1 is 0.714 bits per heavy atom. The molecule has 0 aliphatic carbocycles.